The van der Waals surface area contributed by atoms with Crippen molar-refractivity contribution in [2.24, 2.45) is 5.92 Å². The quantitative estimate of drug-likeness (QED) is 0.913. The van der Waals surface area contributed by atoms with Gasteiger partial charge in [-0.3, -0.25) is 0 Å². The van der Waals surface area contributed by atoms with Gasteiger partial charge in [-0.1, -0.05) is 28.1 Å². The van der Waals surface area contributed by atoms with E-state index in [1.165, 1.54) is 36.1 Å². The molecule has 1 heterocycles. The van der Waals surface area contributed by atoms with Crippen LogP contribution in [0.15, 0.2) is 28.7 Å². The average molecular weight is 283 g/mol. The van der Waals surface area contributed by atoms with Crippen LogP contribution in [0.5, 0.6) is 0 Å². The molecule has 1 saturated heterocycles. The molecule has 1 aliphatic heterocycles. The molecule has 1 aromatic carbocycles. The highest BCUT2D eigenvalue weighted by Crippen LogP contribution is 2.14. The third-order valence-electron chi connectivity index (χ3n) is 3.07. The smallest absolute Gasteiger partial charge is 0.0231 e. The first kappa shape index (κ1) is 12.1. The molecular weight excluding hydrogens is 264 g/mol. The fraction of sp³-hybridized carbons (Fsp3) is 0.538. The second-order valence-electron chi connectivity index (χ2n) is 4.69. The molecule has 0 aliphatic carbocycles. The van der Waals surface area contributed by atoms with Crippen LogP contribution in [0.4, 0.5) is 0 Å². The third-order valence-corrected chi connectivity index (χ3v) is 3.57. The summed E-state index contributed by atoms with van der Waals surface area (Å²) in [5, 5.41) is 3.42. The van der Waals surface area contributed by atoms with Gasteiger partial charge < -0.3 is 10.2 Å². The van der Waals surface area contributed by atoms with Crippen LogP contribution >= 0.6 is 15.9 Å². The molecule has 1 aromatic rings. The van der Waals surface area contributed by atoms with E-state index in [2.05, 4.69) is 57.5 Å². The summed E-state index contributed by atoms with van der Waals surface area (Å²) >= 11 is 3.51. The van der Waals surface area contributed by atoms with Crippen molar-refractivity contribution >= 4 is 15.9 Å². The predicted molar refractivity (Wildman–Crippen MR) is 71.5 cm³/mol. The summed E-state index contributed by atoms with van der Waals surface area (Å²) < 4.78 is 1.17. The molecule has 0 bridgehead atoms. The Labute approximate surface area is 106 Å². The van der Waals surface area contributed by atoms with E-state index >= 15 is 0 Å². The zero-order valence-electron chi connectivity index (χ0n) is 9.75. The molecule has 16 heavy (non-hydrogen) atoms. The van der Waals surface area contributed by atoms with E-state index in [-0.39, 0.29) is 0 Å². The van der Waals surface area contributed by atoms with Gasteiger partial charge in [-0.05, 0) is 50.2 Å². The van der Waals surface area contributed by atoms with E-state index in [4.69, 9.17) is 0 Å². The SMILES string of the molecule is CN(Cc1cccc(Br)c1)CC1CCNC1. The monoisotopic (exact) mass is 282 g/mol. The molecule has 0 saturated carbocycles. The van der Waals surface area contributed by atoms with Gasteiger partial charge in [-0.2, -0.15) is 0 Å². The van der Waals surface area contributed by atoms with Gasteiger partial charge in [0.15, 0.2) is 0 Å². The first-order chi connectivity index (χ1) is 7.74. The molecule has 3 heteroatoms. The van der Waals surface area contributed by atoms with Gasteiger partial charge in [0.25, 0.3) is 0 Å². The van der Waals surface area contributed by atoms with Crippen LogP contribution in [0.3, 0.4) is 0 Å². The summed E-state index contributed by atoms with van der Waals surface area (Å²) in [6.07, 6.45) is 1.32. The fourth-order valence-electron chi connectivity index (χ4n) is 2.32. The Balaban J connectivity index is 1.84. The Bertz CT molecular complexity index is 334. The van der Waals surface area contributed by atoms with E-state index in [0.29, 0.717) is 0 Å². The predicted octanol–water partition coefficient (Wildman–Crippen LogP) is 2.49. The van der Waals surface area contributed by atoms with Gasteiger partial charge in [-0.15, -0.1) is 0 Å². The summed E-state index contributed by atoms with van der Waals surface area (Å²) in [7, 11) is 2.21. The Kier molecular flexibility index (Phi) is 4.38. The Morgan fingerprint density at radius 3 is 3.06 bits per heavy atom. The number of halogens is 1. The minimum absolute atomic E-state index is 0.831. The number of nitrogens with zero attached hydrogens (tertiary/aromatic N) is 1. The lowest BCUT2D eigenvalue weighted by Crippen LogP contribution is -2.26. The Morgan fingerprint density at radius 1 is 1.50 bits per heavy atom. The van der Waals surface area contributed by atoms with E-state index in [0.717, 1.165) is 12.5 Å². The van der Waals surface area contributed by atoms with Crippen molar-refractivity contribution < 1.29 is 0 Å². The molecule has 1 unspecified atom stereocenters. The van der Waals surface area contributed by atoms with Crippen LogP contribution in [0.25, 0.3) is 0 Å². The van der Waals surface area contributed by atoms with Gasteiger partial charge in [0.2, 0.25) is 0 Å². The summed E-state index contributed by atoms with van der Waals surface area (Å²) in [4.78, 5) is 2.42. The highest BCUT2D eigenvalue weighted by molar-refractivity contribution is 9.10. The van der Waals surface area contributed by atoms with Crippen molar-refractivity contribution in [1.82, 2.24) is 10.2 Å². The van der Waals surface area contributed by atoms with Gasteiger partial charge in [0, 0.05) is 17.6 Å². The van der Waals surface area contributed by atoms with Crippen LogP contribution in [-0.2, 0) is 6.54 Å². The molecule has 1 N–H and O–H groups in total. The number of rotatable bonds is 4. The first-order valence-electron chi connectivity index (χ1n) is 5.88. The lowest BCUT2D eigenvalue weighted by atomic mass is 10.1. The van der Waals surface area contributed by atoms with Gasteiger partial charge in [0.05, 0.1) is 0 Å². The second-order valence-corrected chi connectivity index (χ2v) is 5.60. The van der Waals surface area contributed by atoms with Gasteiger partial charge in [0.1, 0.15) is 0 Å². The van der Waals surface area contributed by atoms with Crippen LogP contribution in [-0.4, -0.2) is 31.6 Å². The Morgan fingerprint density at radius 2 is 2.38 bits per heavy atom. The van der Waals surface area contributed by atoms with Crippen molar-refractivity contribution in [3.63, 3.8) is 0 Å². The minimum atomic E-state index is 0.831. The number of benzene rings is 1. The maximum atomic E-state index is 3.51. The molecule has 1 aliphatic rings. The lowest BCUT2D eigenvalue weighted by Gasteiger charge is -2.20. The number of hydrogen-bond acceptors (Lipinski definition) is 2. The van der Waals surface area contributed by atoms with Crippen LogP contribution in [0.1, 0.15) is 12.0 Å². The van der Waals surface area contributed by atoms with Crippen molar-refractivity contribution in [1.29, 1.82) is 0 Å². The molecule has 0 aromatic heterocycles. The average Bonchev–Trinajstić information content (AvgIpc) is 2.70. The summed E-state index contributed by atoms with van der Waals surface area (Å²) in [6, 6.07) is 8.56. The van der Waals surface area contributed by atoms with Crippen LogP contribution < -0.4 is 5.32 Å². The van der Waals surface area contributed by atoms with E-state index in [1.807, 2.05) is 0 Å². The second kappa shape index (κ2) is 5.80. The standard InChI is InChI=1S/C13H19BrN2/c1-16(10-12-5-6-15-8-12)9-11-3-2-4-13(14)7-11/h2-4,7,12,15H,5-6,8-10H2,1H3. The van der Waals surface area contributed by atoms with E-state index < -0.39 is 0 Å². The first-order valence-corrected chi connectivity index (χ1v) is 6.67. The fourth-order valence-corrected chi connectivity index (χ4v) is 2.77. The van der Waals surface area contributed by atoms with Crippen LogP contribution in [0, 0.1) is 5.92 Å². The molecule has 88 valence electrons. The number of hydrogen-bond donors (Lipinski definition) is 1. The highest BCUT2D eigenvalue weighted by atomic mass is 79.9. The summed E-state index contributed by atoms with van der Waals surface area (Å²) in [6.45, 7) is 4.60. The molecule has 1 fully saturated rings. The third kappa shape index (κ3) is 3.58. The molecular formula is C13H19BrN2. The molecule has 1 atom stereocenters. The molecule has 2 rings (SSSR count). The van der Waals surface area contributed by atoms with Crippen molar-refractivity contribution in [3.05, 3.63) is 34.3 Å². The molecule has 2 nitrogen and oxygen atoms in total. The van der Waals surface area contributed by atoms with Crippen molar-refractivity contribution in [3.8, 4) is 0 Å². The minimum Gasteiger partial charge on any atom is -0.316 e. The molecule has 0 radical (unpaired) electrons. The van der Waals surface area contributed by atoms with Crippen LogP contribution in [0.2, 0.25) is 0 Å². The van der Waals surface area contributed by atoms with E-state index in [1.54, 1.807) is 0 Å². The van der Waals surface area contributed by atoms with Crippen molar-refractivity contribution in [2.45, 2.75) is 13.0 Å². The summed E-state index contributed by atoms with van der Waals surface area (Å²) in [5.74, 6) is 0.831. The van der Waals surface area contributed by atoms with Gasteiger partial charge in [-0.25, -0.2) is 0 Å². The van der Waals surface area contributed by atoms with Crippen molar-refractivity contribution in [2.75, 3.05) is 26.7 Å². The number of nitrogens with one attached hydrogen (secondary N) is 1. The largest absolute Gasteiger partial charge is 0.316 e. The maximum Gasteiger partial charge on any atom is 0.0231 e. The highest BCUT2D eigenvalue weighted by Gasteiger charge is 2.16. The Hall–Kier alpha value is -0.380. The maximum absolute atomic E-state index is 3.51. The molecule has 0 amide bonds. The lowest BCUT2D eigenvalue weighted by molar-refractivity contribution is 0.278. The van der Waals surface area contributed by atoms with E-state index in [9.17, 15) is 0 Å². The molecule has 0 spiro atoms. The normalized spacial score (nSPS) is 20.6. The zero-order chi connectivity index (χ0) is 11.4. The summed E-state index contributed by atoms with van der Waals surface area (Å²) in [5.41, 5.74) is 1.38. The zero-order valence-corrected chi connectivity index (χ0v) is 11.3. The van der Waals surface area contributed by atoms with Gasteiger partial charge >= 0.3 is 0 Å². The topological polar surface area (TPSA) is 15.3 Å².